The first kappa shape index (κ1) is 13.7. The van der Waals surface area contributed by atoms with E-state index in [-0.39, 0.29) is 0 Å². The Morgan fingerprint density at radius 3 is 2.42 bits per heavy atom. The van der Waals surface area contributed by atoms with E-state index in [1.165, 1.54) is 16.7 Å². The summed E-state index contributed by atoms with van der Waals surface area (Å²) in [5.41, 5.74) is 13.1. The zero-order valence-electron chi connectivity index (χ0n) is 12.3. The van der Waals surface area contributed by atoms with Gasteiger partial charge in [-0.15, -0.1) is 0 Å². The highest BCUT2D eigenvalue weighted by Crippen LogP contribution is 2.20. The average Bonchev–Trinajstić information content (AvgIpc) is 2.69. The molecule has 0 bridgehead atoms. The summed E-state index contributed by atoms with van der Waals surface area (Å²) in [5, 5.41) is 4.64. The molecule has 2 aromatic rings. The van der Waals surface area contributed by atoms with Gasteiger partial charge in [-0.2, -0.15) is 5.10 Å². The Labute approximate surface area is 115 Å². The number of rotatable bonds is 4. The van der Waals surface area contributed by atoms with Crippen molar-refractivity contribution in [2.24, 2.45) is 0 Å². The minimum Gasteiger partial charge on any atom is -0.396 e. The Balaban J connectivity index is 2.34. The third-order valence-corrected chi connectivity index (χ3v) is 3.75. The van der Waals surface area contributed by atoms with Gasteiger partial charge in [0.25, 0.3) is 0 Å². The maximum Gasteiger partial charge on any atom is 0.0854 e. The lowest BCUT2D eigenvalue weighted by atomic mass is 10.1. The van der Waals surface area contributed by atoms with Gasteiger partial charge in [-0.05, 0) is 43.4 Å². The molecule has 0 amide bonds. The summed E-state index contributed by atoms with van der Waals surface area (Å²) in [7, 11) is 0. The Morgan fingerprint density at radius 1 is 1.11 bits per heavy atom. The normalized spacial score (nSPS) is 10.9. The molecule has 0 aliphatic heterocycles. The summed E-state index contributed by atoms with van der Waals surface area (Å²) in [6.45, 7) is 9.31. The first-order valence-corrected chi connectivity index (χ1v) is 6.97. The monoisotopic (exact) mass is 257 g/mol. The highest BCUT2D eigenvalue weighted by atomic mass is 15.3. The number of nitrogens with two attached hydrogens (primary N) is 1. The summed E-state index contributed by atoms with van der Waals surface area (Å²) in [5.74, 6) is 0. The summed E-state index contributed by atoms with van der Waals surface area (Å²) < 4.78 is 2.05. The Morgan fingerprint density at radius 2 is 1.84 bits per heavy atom. The van der Waals surface area contributed by atoms with Crippen molar-refractivity contribution in [1.29, 1.82) is 0 Å². The maximum absolute atomic E-state index is 6.15. The molecule has 0 radical (unpaired) electrons. The van der Waals surface area contributed by atoms with Crippen molar-refractivity contribution in [3.05, 3.63) is 46.3 Å². The van der Waals surface area contributed by atoms with E-state index in [2.05, 4.69) is 55.7 Å². The number of hydrogen-bond donors (Lipinski definition) is 1. The number of nitrogen functional groups attached to an aromatic ring is 1. The maximum atomic E-state index is 6.15. The predicted molar refractivity (Wildman–Crippen MR) is 80.4 cm³/mol. The van der Waals surface area contributed by atoms with Crippen molar-refractivity contribution in [2.45, 2.75) is 47.1 Å². The van der Waals surface area contributed by atoms with Crippen LogP contribution in [0.1, 0.15) is 41.9 Å². The van der Waals surface area contributed by atoms with Crippen molar-refractivity contribution < 1.29 is 0 Å². The van der Waals surface area contributed by atoms with Crippen molar-refractivity contribution in [1.82, 2.24) is 9.78 Å². The van der Waals surface area contributed by atoms with Gasteiger partial charge in [0.1, 0.15) is 0 Å². The van der Waals surface area contributed by atoms with Gasteiger partial charge in [0.2, 0.25) is 0 Å². The minimum absolute atomic E-state index is 0.800. The zero-order valence-corrected chi connectivity index (χ0v) is 12.3. The van der Waals surface area contributed by atoms with Crippen LogP contribution >= 0.6 is 0 Å². The van der Waals surface area contributed by atoms with Gasteiger partial charge in [-0.1, -0.05) is 32.0 Å². The van der Waals surface area contributed by atoms with Gasteiger partial charge in [0, 0.05) is 0 Å². The number of anilines is 1. The van der Waals surface area contributed by atoms with Crippen LogP contribution in [-0.2, 0) is 19.4 Å². The summed E-state index contributed by atoms with van der Waals surface area (Å²) >= 11 is 0. The molecule has 0 saturated carbocycles. The van der Waals surface area contributed by atoms with Gasteiger partial charge in [0.15, 0.2) is 0 Å². The quantitative estimate of drug-likeness (QED) is 0.913. The van der Waals surface area contributed by atoms with Crippen LogP contribution in [0.4, 0.5) is 5.69 Å². The zero-order chi connectivity index (χ0) is 14.0. The van der Waals surface area contributed by atoms with Crippen LogP contribution in [0, 0.1) is 13.8 Å². The molecule has 0 aliphatic carbocycles. The van der Waals surface area contributed by atoms with E-state index in [9.17, 15) is 0 Å². The van der Waals surface area contributed by atoms with Gasteiger partial charge in [0.05, 0.1) is 23.6 Å². The Bertz CT molecular complexity index is 582. The molecular formula is C16H23N3. The van der Waals surface area contributed by atoms with Crippen LogP contribution < -0.4 is 5.73 Å². The number of nitrogens with zero attached hydrogens (tertiary/aromatic N) is 2. The van der Waals surface area contributed by atoms with E-state index in [0.717, 1.165) is 36.5 Å². The number of benzene rings is 1. The number of aromatic nitrogens is 2. The Hall–Kier alpha value is -1.77. The minimum atomic E-state index is 0.800. The second-order valence-corrected chi connectivity index (χ2v) is 5.09. The third-order valence-electron chi connectivity index (χ3n) is 3.75. The summed E-state index contributed by atoms with van der Waals surface area (Å²) in [6.07, 6.45) is 1.81. The molecule has 0 aliphatic rings. The lowest BCUT2D eigenvalue weighted by Crippen LogP contribution is -2.07. The van der Waals surface area contributed by atoms with Gasteiger partial charge in [-0.3, -0.25) is 4.68 Å². The third kappa shape index (κ3) is 2.65. The molecule has 0 saturated heterocycles. The fourth-order valence-electron chi connectivity index (χ4n) is 2.41. The topological polar surface area (TPSA) is 43.8 Å². The van der Waals surface area contributed by atoms with E-state index < -0.39 is 0 Å². The SMILES string of the molecule is CCc1nn(Cc2ccc(C)c(C)c2)c(CC)c1N. The Kier molecular flexibility index (Phi) is 3.93. The molecule has 2 N–H and O–H groups in total. The first-order valence-electron chi connectivity index (χ1n) is 6.97. The lowest BCUT2D eigenvalue weighted by Gasteiger charge is -2.08. The van der Waals surface area contributed by atoms with E-state index >= 15 is 0 Å². The molecule has 0 unspecified atom stereocenters. The fraction of sp³-hybridized carbons (Fsp3) is 0.438. The highest BCUT2D eigenvalue weighted by molar-refractivity contribution is 5.48. The van der Waals surface area contributed by atoms with Crippen LogP contribution in [0.25, 0.3) is 0 Å². The van der Waals surface area contributed by atoms with Crippen LogP contribution in [0.3, 0.4) is 0 Å². The molecule has 0 atom stereocenters. The molecule has 1 heterocycles. The molecule has 1 aromatic heterocycles. The van der Waals surface area contributed by atoms with Crippen molar-refractivity contribution in [3.8, 4) is 0 Å². The molecule has 0 spiro atoms. The molecule has 2 rings (SSSR count). The summed E-state index contributed by atoms with van der Waals surface area (Å²) in [4.78, 5) is 0. The van der Waals surface area contributed by atoms with Crippen molar-refractivity contribution in [2.75, 3.05) is 5.73 Å². The van der Waals surface area contributed by atoms with Crippen molar-refractivity contribution >= 4 is 5.69 Å². The van der Waals surface area contributed by atoms with Crippen LogP contribution in [-0.4, -0.2) is 9.78 Å². The van der Waals surface area contributed by atoms with E-state index in [0.29, 0.717) is 0 Å². The second kappa shape index (κ2) is 5.47. The molecule has 3 nitrogen and oxygen atoms in total. The van der Waals surface area contributed by atoms with Crippen LogP contribution in [0.15, 0.2) is 18.2 Å². The smallest absolute Gasteiger partial charge is 0.0854 e. The molecule has 19 heavy (non-hydrogen) atoms. The molecule has 1 aromatic carbocycles. The van der Waals surface area contributed by atoms with Crippen molar-refractivity contribution in [3.63, 3.8) is 0 Å². The van der Waals surface area contributed by atoms with Gasteiger partial charge < -0.3 is 5.73 Å². The highest BCUT2D eigenvalue weighted by Gasteiger charge is 2.12. The van der Waals surface area contributed by atoms with Gasteiger partial charge in [-0.25, -0.2) is 0 Å². The molecule has 0 fully saturated rings. The largest absolute Gasteiger partial charge is 0.396 e. The number of hydrogen-bond acceptors (Lipinski definition) is 2. The first-order chi connectivity index (χ1) is 9.06. The fourth-order valence-corrected chi connectivity index (χ4v) is 2.41. The van der Waals surface area contributed by atoms with Crippen LogP contribution in [0.2, 0.25) is 0 Å². The molecule has 102 valence electrons. The lowest BCUT2D eigenvalue weighted by molar-refractivity contribution is 0.640. The van der Waals surface area contributed by atoms with E-state index in [1.807, 2.05) is 0 Å². The second-order valence-electron chi connectivity index (χ2n) is 5.09. The van der Waals surface area contributed by atoms with Gasteiger partial charge >= 0.3 is 0 Å². The summed E-state index contributed by atoms with van der Waals surface area (Å²) in [6, 6.07) is 6.58. The molecular weight excluding hydrogens is 234 g/mol. The average molecular weight is 257 g/mol. The van der Waals surface area contributed by atoms with Crippen LogP contribution in [0.5, 0.6) is 0 Å². The van der Waals surface area contributed by atoms with E-state index in [4.69, 9.17) is 5.73 Å². The standard InChI is InChI=1S/C16H23N3/c1-5-14-16(17)15(6-2)19(18-14)10-13-8-7-11(3)12(4)9-13/h7-9H,5-6,10,17H2,1-4H3. The predicted octanol–water partition coefficient (Wildman–Crippen LogP) is 3.26. The number of aryl methyl sites for hydroxylation is 3. The molecule has 3 heteroatoms. The van der Waals surface area contributed by atoms with E-state index in [1.54, 1.807) is 0 Å².